The fourth-order valence-electron chi connectivity index (χ4n) is 0. The Morgan fingerprint density at radius 3 is 0.429 bits per heavy atom. The van der Waals surface area contributed by atoms with Crippen LogP contribution >= 0.6 is 0 Å². The van der Waals surface area contributed by atoms with Crippen molar-refractivity contribution in [2.45, 2.75) is 0 Å². The van der Waals surface area contributed by atoms with Crippen molar-refractivity contribution in [2.75, 3.05) is 0 Å². The molecule has 0 aliphatic heterocycles. The van der Waals surface area contributed by atoms with Crippen molar-refractivity contribution in [2.24, 2.45) is 0 Å². The summed E-state index contributed by atoms with van der Waals surface area (Å²) in [5.41, 5.74) is 0. The summed E-state index contributed by atoms with van der Waals surface area (Å²) in [6, 6.07) is 0. The normalized spacial score (nSPS) is 0. The first kappa shape index (κ1) is 56.2. The molecular formula is Nd2O3Sm2. The SMILES string of the molecule is [Nd].[Nd].[O-2].[O-2].[O-2].[Sm+3].[Sm+3]. The summed E-state index contributed by atoms with van der Waals surface area (Å²) < 4.78 is 0. The minimum atomic E-state index is 0. The molecular weight excluding hydrogens is 637 g/mol. The fraction of sp³-hybridized carbons (Fsp3) is 0. The van der Waals surface area contributed by atoms with Crippen LogP contribution in [0.5, 0.6) is 0 Å². The zero-order valence-corrected chi connectivity index (χ0v) is 14.7. The summed E-state index contributed by atoms with van der Waals surface area (Å²) in [4.78, 5) is 0. The molecule has 0 aromatic heterocycles. The molecule has 38 valence electrons. The molecule has 0 unspecified atom stereocenters. The summed E-state index contributed by atoms with van der Waals surface area (Å²) in [6.45, 7) is 0. The average Bonchev–Trinajstić information content (AvgIpc) is 0. The predicted molar refractivity (Wildman–Crippen MR) is 2.06 cm³/mol. The molecule has 0 amide bonds. The molecule has 0 bridgehead atoms. The summed E-state index contributed by atoms with van der Waals surface area (Å²) in [6.07, 6.45) is 0. The third kappa shape index (κ3) is 34.9. The van der Waals surface area contributed by atoms with Crippen molar-refractivity contribution in [3.05, 3.63) is 0 Å². The molecule has 0 aromatic rings. The molecule has 0 fully saturated rings. The molecule has 0 saturated carbocycles. The Balaban J connectivity index is 0. The number of hydrogen-bond donors (Lipinski definition) is 0. The largest absolute Gasteiger partial charge is 3.00 e. The van der Waals surface area contributed by atoms with Gasteiger partial charge in [0.25, 0.3) is 0 Å². The van der Waals surface area contributed by atoms with Crippen LogP contribution in [0.4, 0.5) is 0 Å². The molecule has 7 heteroatoms. The van der Waals surface area contributed by atoms with Crippen LogP contribution in [-0.4, -0.2) is 0 Å². The van der Waals surface area contributed by atoms with E-state index in [9.17, 15) is 0 Å². The number of rotatable bonds is 0. The second kappa shape index (κ2) is 42.9. The average molecular weight is 637 g/mol. The zero-order valence-electron chi connectivity index (χ0n) is 3.04. The minimum absolute atomic E-state index is 0. The van der Waals surface area contributed by atoms with Gasteiger partial charge in [-0.25, -0.2) is 0 Å². The Morgan fingerprint density at radius 2 is 0.429 bits per heavy atom. The quantitative estimate of drug-likeness (QED) is 0.348. The smallest absolute Gasteiger partial charge is 2.00 e. The van der Waals surface area contributed by atoms with Crippen molar-refractivity contribution < 1.29 is 179 Å². The third-order valence-corrected chi connectivity index (χ3v) is 0. The maximum Gasteiger partial charge on any atom is 3.00 e. The van der Waals surface area contributed by atoms with E-state index >= 15 is 0 Å². The van der Waals surface area contributed by atoms with Crippen molar-refractivity contribution in [1.29, 1.82) is 0 Å². The molecule has 0 rings (SSSR count). The van der Waals surface area contributed by atoms with E-state index in [0.717, 1.165) is 0 Å². The van der Waals surface area contributed by atoms with Crippen molar-refractivity contribution in [3.63, 3.8) is 0 Å². The maximum atomic E-state index is 0. The molecule has 0 heterocycles. The van der Waals surface area contributed by atoms with E-state index in [1.807, 2.05) is 0 Å². The van der Waals surface area contributed by atoms with Crippen molar-refractivity contribution in [1.82, 2.24) is 0 Å². The Bertz CT molecular complexity index is 10.9. The van der Waals surface area contributed by atoms with Crippen LogP contribution in [0.15, 0.2) is 0 Å². The van der Waals surface area contributed by atoms with E-state index in [4.69, 9.17) is 0 Å². The maximum absolute atomic E-state index is 0. The first-order chi connectivity index (χ1) is 0. The van der Waals surface area contributed by atoms with Gasteiger partial charge in [0.05, 0.1) is 0 Å². The Labute approximate surface area is 173 Å². The summed E-state index contributed by atoms with van der Waals surface area (Å²) >= 11 is 0. The first-order valence-corrected chi connectivity index (χ1v) is 0. The molecule has 3 nitrogen and oxygen atoms in total. The monoisotopic (exact) mass is 636 g/mol. The van der Waals surface area contributed by atoms with Gasteiger partial charge in [-0.2, -0.15) is 0 Å². The van der Waals surface area contributed by atoms with Gasteiger partial charge in [0.2, 0.25) is 0 Å². The molecule has 0 spiro atoms. The first-order valence-electron chi connectivity index (χ1n) is 0. The van der Waals surface area contributed by atoms with Crippen LogP contribution in [0.3, 0.4) is 0 Å². The van der Waals surface area contributed by atoms with E-state index in [2.05, 4.69) is 0 Å². The summed E-state index contributed by atoms with van der Waals surface area (Å²) in [7, 11) is 0. The Morgan fingerprint density at radius 1 is 0.429 bits per heavy atom. The van der Waals surface area contributed by atoms with E-state index < -0.39 is 0 Å². The van der Waals surface area contributed by atoms with Gasteiger partial charge in [0, 0.05) is 81.7 Å². The molecule has 0 aliphatic carbocycles. The van der Waals surface area contributed by atoms with Crippen molar-refractivity contribution >= 4 is 0 Å². The van der Waals surface area contributed by atoms with Crippen LogP contribution < -0.4 is 0 Å². The second-order valence-electron chi connectivity index (χ2n) is 0. The molecule has 2 radical (unpaired) electrons. The van der Waals surface area contributed by atoms with Gasteiger partial charge in [-0.1, -0.05) is 0 Å². The molecule has 0 N–H and O–H groups in total. The van der Waals surface area contributed by atoms with Crippen LogP contribution in [-0.2, 0) is 16.4 Å². The van der Waals surface area contributed by atoms with E-state index in [1.165, 1.54) is 0 Å². The van der Waals surface area contributed by atoms with Gasteiger partial charge >= 0.3 is 80.8 Å². The van der Waals surface area contributed by atoms with Gasteiger partial charge in [-0.3, -0.25) is 0 Å². The molecule has 7 heavy (non-hydrogen) atoms. The van der Waals surface area contributed by atoms with E-state index in [0.29, 0.717) is 0 Å². The Kier molecular flexibility index (Phi) is 344. The van der Waals surface area contributed by atoms with Crippen LogP contribution in [0, 0.1) is 162 Å². The van der Waals surface area contributed by atoms with Crippen LogP contribution in [0.2, 0.25) is 0 Å². The minimum Gasteiger partial charge on any atom is -2.00 e. The van der Waals surface area contributed by atoms with Gasteiger partial charge in [0.15, 0.2) is 0 Å². The van der Waals surface area contributed by atoms with E-state index in [-0.39, 0.29) is 179 Å². The Hall–Kier alpha value is 5.26. The zero-order chi connectivity index (χ0) is 0. The summed E-state index contributed by atoms with van der Waals surface area (Å²) in [5, 5.41) is 0. The second-order valence-corrected chi connectivity index (χ2v) is 0. The van der Waals surface area contributed by atoms with Gasteiger partial charge in [0.1, 0.15) is 0 Å². The third-order valence-electron chi connectivity index (χ3n) is 0. The van der Waals surface area contributed by atoms with Gasteiger partial charge in [-0.15, -0.1) is 0 Å². The molecule has 0 saturated heterocycles. The molecule has 0 aliphatic rings. The van der Waals surface area contributed by atoms with Crippen LogP contribution in [0.25, 0.3) is 0 Å². The van der Waals surface area contributed by atoms with Crippen molar-refractivity contribution in [3.8, 4) is 0 Å². The topological polar surface area (TPSA) is 85.5 Å². The van der Waals surface area contributed by atoms with E-state index in [1.54, 1.807) is 0 Å². The van der Waals surface area contributed by atoms with Gasteiger partial charge in [-0.05, 0) is 0 Å². The standard InChI is InChI=1S/2Nd.3O.2Sm/q;;3*-2;2*+3. The van der Waals surface area contributed by atoms with Gasteiger partial charge < -0.3 is 16.4 Å². The summed E-state index contributed by atoms with van der Waals surface area (Å²) in [5.74, 6) is 0. The molecule has 0 atom stereocenters. The number of hydrogen-bond acceptors (Lipinski definition) is 0. The van der Waals surface area contributed by atoms with Crippen LogP contribution in [0.1, 0.15) is 0 Å². The predicted octanol–water partition coefficient (Wildman–Crippen LogP) is -0.356. The molecule has 0 aromatic carbocycles. The fourth-order valence-corrected chi connectivity index (χ4v) is 0.